The zero-order valence-electron chi connectivity index (χ0n) is 15.0. The number of fused-ring (bicyclic) bond motifs is 1. The molecule has 6 nitrogen and oxygen atoms in total. The summed E-state index contributed by atoms with van der Waals surface area (Å²) in [4.78, 5) is 25.0. The quantitative estimate of drug-likeness (QED) is 0.366. The first-order chi connectivity index (χ1) is 11.9. The predicted octanol–water partition coefficient (Wildman–Crippen LogP) is 1.45. The molecule has 2 aliphatic heterocycles. The van der Waals surface area contributed by atoms with Crippen molar-refractivity contribution in [3.05, 3.63) is 12.2 Å². The molecule has 25 heavy (non-hydrogen) atoms. The van der Waals surface area contributed by atoms with E-state index in [2.05, 4.69) is 12.2 Å². The SMILES string of the molecule is CCCCCC(O)[C@H]1C(=O)N[C@@]2(C(O)[C@@H]3C=CCCC3)C(=O)O[C@@]12C. The van der Waals surface area contributed by atoms with E-state index >= 15 is 0 Å². The van der Waals surface area contributed by atoms with Crippen LogP contribution in [0.2, 0.25) is 0 Å². The smallest absolute Gasteiger partial charge is 0.339 e. The van der Waals surface area contributed by atoms with Crippen molar-refractivity contribution in [2.75, 3.05) is 0 Å². The molecule has 0 spiro atoms. The molecule has 0 aromatic carbocycles. The number of hydrogen-bond donors (Lipinski definition) is 3. The van der Waals surface area contributed by atoms with E-state index in [4.69, 9.17) is 4.74 Å². The van der Waals surface area contributed by atoms with Crippen molar-refractivity contribution in [3.63, 3.8) is 0 Å². The maximum absolute atomic E-state index is 12.6. The molecule has 0 aromatic heterocycles. The molecule has 2 heterocycles. The molecule has 140 valence electrons. The molecule has 1 amide bonds. The molecule has 0 saturated carbocycles. The molecule has 0 radical (unpaired) electrons. The third-order valence-electron chi connectivity index (χ3n) is 6.23. The van der Waals surface area contributed by atoms with Crippen LogP contribution in [-0.4, -0.2) is 45.4 Å². The van der Waals surface area contributed by atoms with Gasteiger partial charge in [0.1, 0.15) is 5.92 Å². The number of unbranched alkanes of at least 4 members (excludes halogenated alkanes) is 2. The lowest BCUT2D eigenvalue weighted by molar-refractivity contribution is -0.243. The van der Waals surface area contributed by atoms with Crippen molar-refractivity contribution >= 4 is 11.9 Å². The molecule has 3 N–H and O–H groups in total. The van der Waals surface area contributed by atoms with Crippen LogP contribution in [0, 0.1) is 11.8 Å². The molecule has 6 atom stereocenters. The molecule has 3 rings (SSSR count). The number of carbonyl (C=O) groups excluding carboxylic acids is 2. The highest BCUT2D eigenvalue weighted by molar-refractivity contribution is 6.02. The molecular formula is C19H29NO5. The fraction of sp³-hybridized carbons (Fsp3) is 0.789. The van der Waals surface area contributed by atoms with Crippen LogP contribution in [-0.2, 0) is 14.3 Å². The number of esters is 1. The zero-order valence-corrected chi connectivity index (χ0v) is 15.0. The number of aliphatic hydroxyl groups is 2. The van der Waals surface area contributed by atoms with Gasteiger partial charge in [0.2, 0.25) is 11.4 Å². The Hall–Kier alpha value is -1.40. The number of carbonyl (C=O) groups is 2. The molecule has 2 fully saturated rings. The third kappa shape index (κ3) is 2.61. The number of ether oxygens (including phenoxy) is 1. The summed E-state index contributed by atoms with van der Waals surface area (Å²) in [6.07, 6.45) is 7.95. The molecule has 2 unspecified atom stereocenters. The largest absolute Gasteiger partial charge is 0.453 e. The summed E-state index contributed by atoms with van der Waals surface area (Å²) in [6.45, 7) is 3.73. The summed E-state index contributed by atoms with van der Waals surface area (Å²) in [7, 11) is 0. The highest BCUT2D eigenvalue weighted by atomic mass is 16.6. The highest BCUT2D eigenvalue weighted by Gasteiger charge is 2.80. The van der Waals surface area contributed by atoms with E-state index < -0.39 is 41.1 Å². The van der Waals surface area contributed by atoms with Gasteiger partial charge in [0.15, 0.2) is 5.60 Å². The van der Waals surface area contributed by atoms with Crippen molar-refractivity contribution in [2.45, 2.75) is 82.1 Å². The molecule has 0 aromatic rings. The molecule has 2 saturated heterocycles. The van der Waals surface area contributed by atoms with Gasteiger partial charge in [-0.3, -0.25) is 4.79 Å². The van der Waals surface area contributed by atoms with E-state index in [1.807, 2.05) is 12.2 Å². The highest BCUT2D eigenvalue weighted by Crippen LogP contribution is 2.53. The lowest BCUT2D eigenvalue weighted by Gasteiger charge is -2.55. The van der Waals surface area contributed by atoms with Gasteiger partial charge in [-0.1, -0.05) is 38.3 Å². The van der Waals surface area contributed by atoms with E-state index in [0.717, 1.165) is 38.5 Å². The summed E-state index contributed by atoms with van der Waals surface area (Å²) in [5.74, 6) is -2.05. The van der Waals surface area contributed by atoms with Crippen LogP contribution in [0.25, 0.3) is 0 Å². The van der Waals surface area contributed by atoms with Crippen molar-refractivity contribution in [2.24, 2.45) is 11.8 Å². The topological polar surface area (TPSA) is 95.9 Å². The summed E-state index contributed by atoms with van der Waals surface area (Å²) in [5, 5.41) is 24.3. The summed E-state index contributed by atoms with van der Waals surface area (Å²) < 4.78 is 5.41. The number of hydrogen-bond acceptors (Lipinski definition) is 5. The molecule has 3 aliphatic rings. The minimum Gasteiger partial charge on any atom is -0.453 e. The summed E-state index contributed by atoms with van der Waals surface area (Å²) in [5.41, 5.74) is -2.66. The van der Waals surface area contributed by atoms with E-state index in [1.54, 1.807) is 6.92 Å². The summed E-state index contributed by atoms with van der Waals surface area (Å²) in [6, 6.07) is 0. The Bertz CT molecular complexity index is 576. The third-order valence-corrected chi connectivity index (χ3v) is 6.23. The maximum atomic E-state index is 12.6. The van der Waals surface area contributed by atoms with Gasteiger partial charge in [-0.2, -0.15) is 0 Å². The van der Waals surface area contributed by atoms with Crippen LogP contribution in [0.3, 0.4) is 0 Å². The lowest BCUT2D eigenvalue weighted by atomic mass is 9.64. The van der Waals surface area contributed by atoms with Gasteiger partial charge in [0.05, 0.1) is 12.2 Å². The van der Waals surface area contributed by atoms with Gasteiger partial charge in [-0.25, -0.2) is 4.79 Å². The minimum atomic E-state index is -1.45. The average Bonchev–Trinajstić information content (AvgIpc) is 2.78. The Kier molecular flexibility index (Phi) is 4.95. The number of allylic oxidation sites excluding steroid dienone is 1. The molecule has 6 heteroatoms. The Labute approximate surface area is 148 Å². The van der Waals surface area contributed by atoms with Crippen molar-refractivity contribution in [1.82, 2.24) is 5.32 Å². The van der Waals surface area contributed by atoms with Crippen LogP contribution in [0.1, 0.15) is 58.8 Å². The zero-order chi connectivity index (χ0) is 18.2. The molecular weight excluding hydrogens is 322 g/mol. The van der Waals surface area contributed by atoms with Gasteiger partial charge in [-0.15, -0.1) is 0 Å². The van der Waals surface area contributed by atoms with Gasteiger partial charge < -0.3 is 20.3 Å². The van der Waals surface area contributed by atoms with Crippen LogP contribution in [0.15, 0.2) is 12.2 Å². The first-order valence-corrected chi connectivity index (χ1v) is 9.46. The maximum Gasteiger partial charge on any atom is 0.339 e. The van der Waals surface area contributed by atoms with E-state index in [0.29, 0.717) is 6.42 Å². The van der Waals surface area contributed by atoms with Crippen molar-refractivity contribution in [3.8, 4) is 0 Å². The van der Waals surface area contributed by atoms with E-state index in [1.165, 1.54) is 0 Å². The van der Waals surface area contributed by atoms with Crippen molar-refractivity contribution in [1.29, 1.82) is 0 Å². The van der Waals surface area contributed by atoms with Gasteiger partial charge in [-0.05, 0) is 32.6 Å². The standard InChI is InChI=1S/C19H29NO5/c1-3-4-6-11-13(21)14-16(23)20-19(17(24)25-18(14,19)2)15(22)12-9-7-5-8-10-12/h7,9,12-15,21-22H,3-6,8,10-11H2,1-2H3,(H,20,23)/t12-,13?,14+,15?,18+,19+/m1/s1. The summed E-state index contributed by atoms with van der Waals surface area (Å²) >= 11 is 0. The normalized spacial score (nSPS) is 39.2. The van der Waals surface area contributed by atoms with Crippen LogP contribution >= 0.6 is 0 Å². The van der Waals surface area contributed by atoms with Crippen LogP contribution in [0.5, 0.6) is 0 Å². The Morgan fingerprint density at radius 1 is 1.36 bits per heavy atom. The Balaban J connectivity index is 1.84. The number of amides is 1. The fourth-order valence-corrected chi connectivity index (χ4v) is 4.74. The minimum absolute atomic E-state index is 0.197. The van der Waals surface area contributed by atoms with Gasteiger partial charge >= 0.3 is 5.97 Å². The van der Waals surface area contributed by atoms with E-state index in [9.17, 15) is 19.8 Å². The van der Waals surface area contributed by atoms with Gasteiger partial charge in [0, 0.05) is 5.92 Å². The lowest BCUT2D eigenvalue weighted by Crippen LogP contribution is -2.80. The van der Waals surface area contributed by atoms with Gasteiger partial charge in [0.25, 0.3) is 0 Å². The van der Waals surface area contributed by atoms with Crippen molar-refractivity contribution < 1.29 is 24.5 Å². The Morgan fingerprint density at radius 2 is 2.12 bits per heavy atom. The second-order valence-corrected chi connectivity index (χ2v) is 7.80. The second-order valence-electron chi connectivity index (χ2n) is 7.80. The fourth-order valence-electron chi connectivity index (χ4n) is 4.74. The second kappa shape index (κ2) is 6.72. The Morgan fingerprint density at radius 3 is 2.72 bits per heavy atom. The first kappa shape index (κ1) is 18.4. The van der Waals surface area contributed by atoms with Crippen LogP contribution < -0.4 is 5.32 Å². The predicted molar refractivity (Wildman–Crippen MR) is 91.5 cm³/mol. The molecule has 1 aliphatic carbocycles. The first-order valence-electron chi connectivity index (χ1n) is 9.46. The number of nitrogens with one attached hydrogen (secondary N) is 1. The number of aliphatic hydroxyl groups excluding tert-OH is 2. The average molecular weight is 351 g/mol. The molecule has 0 bridgehead atoms. The van der Waals surface area contributed by atoms with E-state index in [-0.39, 0.29) is 5.92 Å². The monoisotopic (exact) mass is 351 g/mol. The van der Waals surface area contributed by atoms with Crippen LogP contribution in [0.4, 0.5) is 0 Å². The number of rotatable bonds is 7.